The van der Waals surface area contributed by atoms with Gasteiger partial charge in [-0.15, -0.1) is 0 Å². The highest BCUT2D eigenvalue weighted by Gasteiger charge is 2.18. The Morgan fingerprint density at radius 1 is 1.39 bits per heavy atom. The van der Waals surface area contributed by atoms with Gasteiger partial charge in [0.15, 0.2) is 10.8 Å². The molecule has 0 aliphatic carbocycles. The van der Waals surface area contributed by atoms with E-state index in [4.69, 9.17) is 0 Å². The number of hydrogen-bond acceptors (Lipinski definition) is 5. The fraction of sp³-hybridized carbons (Fsp3) is 0.200. The highest BCUT2D eigenvalue weighted by molar-refractivity contribution is 7.92. The van der Waals surface area contributed by atoms with Crippen LogP contribution in [0.3, 0.4) is 0 Å². The number of pyridine rings is 1. The smallest absolute Gasteiger partial charge is 0.279 e. The fourth-order valence-electron chi connectivity index (χ4n) is 1.42. The van der Waals surface area contributed by atoms with Gasteiger partial charge in [0.05, 0.1) is 18.2 Å². The van der Waals surface area contributed by atoms with Crippen LogP contribution in [0.2, 0.25) is 0 Å². The number of aromatic nitrogens is 3. The monoisotopic (exact) mass is 267 g/mol. The van der Waals surface area contributed by atoms with Crippen LogP contribution in [-0.2, 0) is 10.0 Å². The molecule has 0 atom stereocenters. The second-order valence-electron chi connectivity index (χ2n) is 3.79. The van der Waals surface area contributed by atoms with E-state index in [1.165, 1.54) is 12.5 Å². The Kier molecular flexibility index (Phi) is 3.19. The predicted molar refractivity (Wildman–Crippen MR) is 68.0 cm³/mol. The number of imidazole rings is 1. The molecule has 0 unspecified atom stereocenters. The van der Waals surface area contributed by atoms with Crippen molar-refractivity contribution in [3.05, 3.63) is 30.9 Å². The average Bonchev–Trinajstić information content (AvgIpc) is 2.83. The minimum absolute atomic E-state index is 0.0102. The average molecular weight is 267 g/mol. The van der Waals surface area contributed by atoms with Crippen molar-refractivity contribution in [2.45, 2.75) is 5.03 Å². The molecule has 7 nitrogen and oxygen atoms in total. The van der Waals surface area contributed by atoms with Gasteiger partial charge < -0.3 is 9.88 Å². The van der Waals surface area contributed by atoms with Crippen LogP contribution in [0, 0.1) is 0 Å². The number of anilines is 2. The second-order valence-corrected chi connectivity index (χ2v) is 5.44. The fourth-order valence-corrected chi connectivity index (χ4v) is 2.39. The SMILES string of the molecule is CN(C)c1ncccc1NS(=O)(=O)c1cnc[nH]1. The highest BCUT2D eigenvalue weighted by atomic mass is 32.2. The van der Waals surface area contributed by atoms with Gasteiger partial charge in [-0.05, 0) is 12.1 Å². The van der Waals surface area contributed by atoms with Crippen LogP contribution in [0.4, 0.5) is 11.5 Å². The molecule has 0 aliphatic heterocycles. The van der Waals surface area contributed by atoms with Crippen LogP contribution in [0.1, 0.15) is 0 Å². The Morgan fingerprint density at radius 3 is 2.78 bits per heavy atom. The van der Waals surface area contributed by atoms with Gasteiger partial charge in [0.1, 0.15) is 0 Å². The molecule has 0 saturated carbocycles. The molecule has 0 spiro atoms. The molecule has 0 radical (unpaired) electrons. The van der Waals surface area contributed by atoms with Gasteiger partial charge in [0, 0.05) is 20.3 Å². The number of H-pyrrole nitrogens is 1. The minimum Gasteiger partial charge on any atom is -0.361 e. The molecule has 2 aromatic heterocycles. The summed E-state index contributed by atoms with van der Waals surface area (Å²) in [4.78, 5) is 12.1. The summed E-state index contributed by atoms with van der Waals surface area (Å²) in [6.45, 7) is 0. The summed E-state index contributed by atoms with van der Waals surface area (Å²) in [5.41, 5.74) is 0.414. The third kappa shape index (κ3) is 2.43. The lowest BCUT2D eigenvalue weighted by Crippen LogP contribution is -2.18. The molecule has 0 saturated heterocycles. The molecule has 0 aromatic carbocycles. The molecule has 0 bridgehead atoms. The number of aromatic amines is 1. The summed E-state index contributed by atoms with van der Waals surface area (Å²) in [5, 5.41) is 0.0102. The molecule has 18 heavy (non-hydrogen) atoms. The molecular formula is C10H13N5O2S. The quantitative estimate of drug-likeness (QED) is 0.849. The maximum absolute atomic E-state index is 12.0. The third-order valence-electron chi connectivity index (χ3n) is 2.22. The molecule has 0 fully saturated rings. The maximum Gasteiger partial charge on any atom is 0.279 e. The maximum atomic E-state index is 12.0. The number of sulfonamides is 1. The lowest BCUT2D eigenvalue weighted by molar-refractivity contribution is 0.598. The van der Waals surface area contributed by atoms with Gasteiger partial charge in [-0.25, -0.2) is 9.97 Å². The number of hydrogen-bond donors (Lipinski definition) is 2. The summed E-state index contributed by atoms with van der Waals surface area (Å²) < 4.78 is 26.5. The summed E-state index contributed by atoms with van der Waals surface area (Å²) >= 11 is 0. The number of nitrogens with one attached hydrogen (secondary N) is 2. The lowest BCUT2D eigenvalue weighted by Gasteiger charge is -2.16. The van der Waals surface area contributed by atoms with E-state index in [2.05, 4.69) is 19.7 Å². The third-order valence-corrected chi connectivity index (χ3v) is 3.51. The van der Waals surface area contributed by atoms with E-state index < -0.39 is 10.0 Å². The van der Waals surface area contributed by atoms with Gasteiger partial charge in [0.2, 0.25) is 0 Å². The molecule has 8 heteroatoms. The summed E-state index contributed by atoms with van der Waals surface area (Å²) in [6, 6.07) is 3.31. The van der Waals surface area contributed by atoms with Gasteiger partial charge in [-0.1, -0.05) is 0 Å². The number of rotatable bonds is 4. The van der Waals surface area contributed by atoms with E-state index in [1.54, 1.807) is 37.3 Å². The van der Waals surface area contributed by atoms with Crippen molar-refractivity contribution in [3.8, 4) is 0 Å². The molecule has 0 amide bonds. The van der Waals surface area contributed by atoms with Gasteiger partial charge >= 0.3 is 0 Å². The predicted octanol–water partition coefficient (Wildman–Crippen LogP) is 0.671. The van der Waals surface area contributed by atoms with Crippen LogP contribution in [0.5, 0.6) is 0 Å². The standard InChI is InChI=1S/C10H13N5O2S/c1-15(2)10-8(4-3-5-12-10)14-18(16,17)9-6-11-7-13-9/h3-7,14H,1-2H3,(H,11,13). The molecule has 0 aliphatic rings. The number of nitrogens with zero attached hydrogens (tertiary/aromatic N) is 3. The molecule has 96 valence electrons. The zero-order valence-corrected chi connectivity index (χ0v) is 10.8. The Bertz CT molecular complexity index is 621. The van der Waals surface area contributed by atoms with Crippen molar-refractivity contribution < 1.29 is 8.42 Å². The van der Waals surface area contributed by atoms with Crippen molar-refractivity contribution >= 4 is 21.5 Å². The van der Waals surface area contributed by atoms with Gasteiger partial charge in [-0.3, -0.25) is 4.72 Å². The molecule has 2 aromatic rings. The van der Waals surface area contributed by atoms with E-state index in [1.807, 2.05) is 0 Å². The van der Waals surface area contributed by atoms with E-state index in [-0.39, 0.29) is 5.03 Å². The van der Waals surface area contributed by atoms with Crippen molar-refractivity contribution in [1.29, 1.82) is 0 Å². The lowest BCUT2D eigenvalue weighted by atomic mass is 10.4. The van der Waals surface area contributed by atoms with Crippen molar-refractivity contribution in [1.82, 2.24) is 15.0 Å². The zero-order chi connectivity index (χ0) is 13.2. The van der Waals surface area contributed by atoms with Crippen LogP contribution >= 0.6 is 0 Å². The second kappa shape index (κ2) is 4.65. The Hall–Kier alpha value is -2.09. The van der Waals surface area contributed by atoms with E-state index in [0.29, 0.717) is 11.5 Å². The van der Waals surface area contributed by atoms with Crippen molar-refractivity contribution in [2.24, 2.45) is 0 Å². The van der Waals surface area contributed by atoms with E-state index in [9.17, 15) is 8.42 Å². The zero-order valence-electron chi connectivity index (χ0n) is 9.95. The largest absolute Gasteiger partial charge is 0.361 e. The van der Waals surface area contributed by atoms with Gasteiger partial charge in [-0.2, -0.15) is 8.42 Å². The van der Waals surface area contributed by atoms with E-state index >= 15 is 0 Å². The van der Waals surface area contributed by atoms with E-state index in [0.717, 1.165) is 0 Å². The molecule has 2 rings (SSSR count). The summed E-state index contributed by atoms with van der Waals surface area (Å²) in [7, 11) is -0.0847. The van der Waals surface area contributed by atoms with Crippen LogP contribution in [-0.4, -0.2) is 37.5 Å². The van der Waals surface area contributed by atoms with Crippen molar-refractivity contribution in [3.63, 3.8) is 0 Å². The molecular weight excluding hydrogens is 254 g/mol. The van der Waals surface area contributed by atoms with Crippen LogP contribution in [0.15, 0.2) is 35.9 Å². The molecule has 2 heterocycles. The molecule has 2 N–H and O–H groups in total. The highest BCUT2D eigenvalue weighted by Crippen LogP contribution is 2.23. The first kappa shape index (κ1) is 12.4. The van der Waals surface area contributed by atoms with Crippen molar-refractivity contribution in [2.75, 3.05) is 23.7 Å². The van der Waals surface area contributed by atoms with Crippen LogP contribution < -0.4 is 9.62 Å². The first-order valence-corrected chi connectivity index (χ1v) is 6.62. The normalized spacial score (nSPS) is 11.2. The Labute approximate surface area is 105 Å². The van der Waals surface area contributed by atoms with Gasteiger partial charge in [0.25, 0.3) is 10.0 Å². The Morgan fingerprint density at radius 2 is 2.17 bits per heavy atom. The first-order chi connectivity index (χ1) is 8.50. The topological polar surface area (TPSA) is 91.0 Å². The minimum atomic E-state index is -3.66. The summed E-state index contributed by atoms with van der Waals surface area (Å²) in [6.07, 6.45) is 4.15. The van der Waals surface area contributed by atoms with Crippen LogP contribution in [0.25, 0.3) is 0 Å². The first-order valence-electron chi connectivity index (χ1n) is 5.14. The summed E-state index contributed by atoms with van der Waals surface area (Å²) in [5.74, 6) is 0.542. The Balaban J connectivity index is 2.36.